The van der Waals surface area contributed by atoms with Crippen molar-refractivity contribution in [3.05, 3.63) is 83.4 Å². The zero-order valence-electron chi connectivity index (χ0n) is 17.6. The van der Waals surface area contributed by atoms with Crippen molar-refractivity contribution >= 4 is 35.0 Å². The molecule has 0 unspecified atom stereocenters. The van der Waals surface area contributed by atoms with Crippen molar-refractivity contribution in [1.29, 1.82) is 0 Å². The van der Waals surface area contributed by atoms with E-state index in [1.165, 1.54) is 11.8 Å². The third kappa shape index (κ3) is 5.12. The number of halogens is 1. The summed E-state index contributed by atoms with van der Waals surface area (Å²) in [5.41, 5.74) is 3.65. The standard InChI is InChI=1S/C24H21ClN4O2S/c1-16-4-3-5-17(14-16)23-27-28-24(29(23)20-10-12-21(31-2)13-11-20)32-15-22(30)26-19-8-6-18(25)7-9-19/h3-14H,15H2,1-2H3,(H,26,30). The molecule has 6 nitrogen and oxygen atoms in total. The van der Waals surface area contributed by atoms with Gasteiger partial charge in [0.2, 0.25) is 5.91 Å². The Morgan fingerprint density at radius 3 is 2.50 bits per heavy atom. The highest BCUT2D eigenvalue weighted by atomic mass is 35.5. The van der Waals surface area contributed by atoms with Crippen molar-refractivity contribution in [1.82, 2.24) is 14.8 Å². The van der Waals surface area contributed by atoms with E-state index in [1.54, 1.807) is 31.4 Å². The predicted octanol–water partition coefficient (Wildman–Crippen LogP) is 5.64. The zero-order valence-corrected chi connectivity index (χ0v) is 19.2. The molecule has 1 N–H and O–H groups in total. The SMILES string of the molecule is COc1ccc(-n2c(SCC(=O)Nc3ccc(Cl)cc3)nnc2-c2cccc(C)c2)cc1. The lowest BCUT2D eigenvalue weighted by Gasteiger charge is -2.11. The molecule has 4 aromatic rings. The maximum Gasteiger partial charge on any atom is 0.234 e. The van der Waals surface area contributed by atoms with Gasteiger partial charge in [0.1, 0.15) is 5.75 Å². The van der Waals surface area contributed by atoms with Crippen LogP contribution in [0.1, 0.15) is 5.56 Å². The van der Waals surface area contributed by atoms with E-state index in [4.69, 9.17) is 16.3 Å². The van der Waals surface area contributed by atoms with Crippen LogP contribution >= 0.6 is 23.4 Å². The van der Waals surface area contributed by atoms with Gasteiger partial charge in [0.05, 0.1) is 12.9 Å². The molecule has 0 atom stereocenters. The molecular weight excluding hydrogens is 444 g/mol. The van der Waals surface area contributed by atoms with Gasteiger partial charge in [0, 0.05) is 22.0 Å². The van der Waals surface area contributed by atoms with Crippen LogP contribution in [0.5, 0.6) is 5.75 Å². The molecule has 3 aromatic carbocycles. The third-order valence-corrected chi connectivity index (χ3v) is 5.88. The number of hydrogen-bond donors (Lipinski definition) is 1. The Kier molecular flexibility index (Phi) is 6.78. The highest BCUT2D eigenvalue weighted by Crippen LogP contribution is 2.29. The van der Waals surface area contributed by atoms with Crippen LogP contribution in [0, 0.1) is 6.92 Å². The van der Waals surface area contributed by atoms with Crippen LogP contribution in [0.15, 0.2) is 78.0 Å². The molecule has 0 bridgehead atoms. The number of carbonyl (C=O) groups is 1. The van der Waals surface area contributed by atoms with E-state index < -0.39 is 0 Å². The van der Waals surface area contributed by atoms with E-state index in [0.29, 0.717) is 21.7 Å². The van der Waals surface area contributed by atoms with Crippen LogP contribution in [0.3, 0.4) is 0 Å². The van der Waals surface area contributed by atoms with Gasteiger partial charge in [-0.1, -0.05) is 47.1 Å². The molecule has 8 heteroatoms. The molecule has 1 heterocycles. The minimum atomic E-state index is -0.140. The number of thioether (sulfide) groups is 1. The normalized spacial score (nSPS) is 10.7. The molecular formula is C24H21ClN4O2S. The first kappa shape index (κ1) is 21.9. The lowest BCUT2D eigenvalue weighted by atomic mass is 10.1. The number of amides is 1. The largest absolute Gasteiger partial charge is 0.497 e. The Balaban J connectivity index is 1.61. The number of aromatic nitrogens is 3. The van der Waals surface area contributed by atoms with E-state index >= 15 is 0 Å². The first-order valence-corrected chi connectivity index (χ1v) is 11.2. The van der Waals surface area contributed by atoms with Crippen LogP contribution in [-0.2, 0) is 4.79 Å². The highest BCUT2D eigenvalue weighted by molar-refractivity contribution is 7.99. The minimum Gasteiger partial charge on any atom is -0.497 e. The summed E-state index contributed by atoms with van der Waals surface area (Å²) in [6, 6.07) is 22.7. The number of ether oxygens (including phenoxy) is 1. The molecule has 0 fully saturated rings. The van der Waals surface area contributed by atoms with Gasteiger partial charge >= 0.3 is 0 Å². The molecule has 4 rings (SSSR count). The molecule has 162 valence electrons. The second-order valence-corrected chi connectivity index (χ2v) is 8.43. The molecule has 0 radical (unpaired) electrons. The van der Waals surface area contributed by atoms with E-state index in [1.807, 2.05) is 54.0 Å². The number of carbonyl (C=O) groups excluding carboxylic acids is 1. The van der Waals surface area contributed by atoms with Crippen LogP contribution < -0.4 is 10.1 Å². The summed E-state index contributed by atoms with van der Waals surface area (Å²) in [7, 11) is 1.63. The fourth-order valence-corrected chi connectivity index (χ4v) is 4.04. The summed E-state index contributed by atoms with van der Waals surface area (Å²) in [5, 5.41) is 12.9. The number of rotatable bonds is 7. The maximum absolute atomic E-state index is 12.5. The van der Waals surface area contributed by atoms with Crippen molar-refractivity contribution in [2.75, 3.05) is 18.2 Å². The van der Waals surface area contributed by atoms with Crippen LogP contribution in [-0.4, -0.2) is 33.5 Å². The summed E-state index contributed by atoms with van der Waals surface area (Å²) < 4.78 is 7.24. The summed E-state index contributed by atoms with van der Waals surface area (Å²) in [5.74, 6) is 1.51. The Morgan fingerprint density at radius 2 is 1.81 bits per heavy atom. The monoisotopic (exact) mass is 464 g/mol. The Morgan fingerprint density at radius 1 is 1.06 bits per heavy atom. The third-order valence-electron chi connectivity index (χ3n) is 4.70. The van der Waals surface area contributed by atoms with Crippen LogP contribution in [0.25, 0.3) is 17.1 Å². The molecule has 0 aliphatic heterocycles. The number of aryl methyl sites for hydroxylation is 1. The fraction of sp³-hybridized carbons (Fsp3) is 0.125. The lowest BCUT2D eigenvalue weighted by Crippen LogP contribution is -2.14. The van der Waals surface area contributed by atoms with Crippen molar-refractivity contribution in [3.63, 3.8) is 0 Å². The molecule has 0 aliphatic carbocycles. The summed E-state index contributed by atoms with van der Waals surface area (Å²) in [4.78, 5) is 12.5. The van der Waals surface area contributed by atoms with Gasteiger partial charge in [-0.25, -0.2) is 0 Å². The van der Waals surface area contributed by atoms with Crippen molar-refractivity contribution in [3.8, 4) is 22.8 Å². The molecule has 32 heavy (non-hydrogen) atoms. The number of nitrogens with one attached hydrogen (secondary N) is 1. The highest BCUT2D eigenvalue weighted by Gasteiger charge is 2.17. The van der Waals surface area contributed by atoms with Gasteiger partial charge in [-0.15, -0.1) is 10.2 Å². The van der Waals surface area contributed by atoms with Crippen molar-refractivity contribution in [2.24, 2.45) is 0 Å². The number of anilines is 1. The summed E-state index contributed by atoms with van der Waals surface area (Å²) in [6.07, 6.45) is 0. The van der Waals surface area contributed by atoms with Crippen LogP contribution in [0.2, 0.25) is 5.02 Å². The van der Waals surface area contributed by atoms with Gasteiger partial charge in [-0.2, -0.15) is 0 Å². The fourth-order valence-electron chi connectivity index (χ4n) is 3.16. The van der Waals surface area contributed by atoms with Gasteiger partial charge in [0.25, 0.3) is 0 Å². The van der Waals surface area contributed by atoms with Gasteiger partial charge in [0.15, 0.2) is 11.0 Å². The Hall–Kier alpha value is -3.29. The second-order valence-electron chi connectivity index (χ2n) is 7.05. The van der Waals surface area contributed by atoms with Gasteiger partial charge in [-0.3, -0.25) is 9.36 Å². The van der Waals surface area contributed by atoms with E-state index in [-0.39, 0.29) is 11.7 Å². The molecule has 1 aromatic heterocycles. The topological polar surface area (TPSA) is 69.0 Å². The lowest BCUT2D eigenvalue weighted by molar-refractivity contribution is -0.113. The summed E-state index contributed by atoms with van der Waals surface area (Å²) in [6.45, 7) is 2.04. The van der Waals surface area contributed by atoms with E-state index in [2.05, 4.69) is 21.6 Å². The zero-order chi connectivity index (χ0) is 22.5. The Bertz CT molecular complexity index is 1220. The molecule has 0 aliphatic rings. The van der Waals surface area contributed by atoms with E-state index in [0.717, 1.165) is 22.6 Å². The molecule has 1 amide bonds. The van der Waals surface area contributed by atoms with Gasteiger partial charge < -0.3 is 10.1 Å². The van der Waals surface area contributed by atoms with Crippen molar-refractivity contribution in [2.45, 2.75) is 12.1 Å². The number of hydrogen-bond acceptors (Lipinski definition) is 5. The first-order valence-electron chi connectivity index (χ1n) is 9.88. The maximum atomic E-state index is 12.5. The molecule has 0 saturated heterocycles. The number of methoxy groups -OCH3 is 1. The number of benzene rings is 3. The van der Waals surface area contributed by atoms with Gasteiger partial charge in [-0.05, 0) is 61.5 Å². The summed E-state index contributed by atoms with van der Waals surface area (Å²) >= 11 is 7.23. The Labute approximate surface area is 195 Å². The average molecular weight is 465 g/mol. The van der Waals surface area contributed by atoms with Crippen LogP contribution in [0.4, 0.5) is 5.69 Å². The minimum absolute atomic E-state index is 0.140. The number of nitrogens with zero attached hydrogens (tertiary/aromatic N) is 3. The first-order chi connectivity index (χ1) is 15.5. The van der Waals surface area contributed by atoms with Crippen molar-refractivity contribution < 1.29 is 9.53 Å². The average Bonchev–Trinajstić information content (AvgIpc) is 3.23. The second kappa shape index (κ2) is 9.89. The molecule has 0 spiro atoms. The molecule has 0 saturated carbocycles. The van der Waals surface area contributed by atoms with E-state index in [9.17, 15) is 4.79 Å². The smallest absolute Gasteiger partial charge is 0.234 e. The quantitative estimate of drug-likeness (QED) is 0.359. The predicted molar refractivity (Wildman–Crippen MR) is 129 cm³/mol.